The third-order valence-corrected chi connectivity index (χ3v) is 5.25. The molecule has 0 spiro atoms. The van der Waals surface area contributed by atoms with E-state index in [0.717, 1.165) is 25.0 Å². The first-order valence-electron chi connectivity index (χ1n) is 6.77. The zero-order chi connectivity index (χ0) is 13.7. The Morgan fingerprint density at radius 3 is 3.05 bits per heavy atom. The van der Waals surface area contributed by atoms with Crippen LogP contribution in [0.5, 0.6) is 0 Å². The van der Waals surface area contributed by atoms with E-state index in [1.54, 1.807) is 0 Å². The van der Waals surface area contributed by atoms with Crippen LogP contribution in [0.2, 0.25) is 0 Å². The summed E-state index contributed by atoms with van der Waals surface area (Å²) in [6.45, 7) is 0.641. The Balaban J connectivity index is 1.59. The molecule has 3 amide bonds. The topological polar surface area (TPSA) is 70.2 Å². The first-order chi connectivity index (χ1) is 9.20. The normalized spacial score (nSPS) is 28.7. The van der Waals surface area contributed by atoms with Crippen LogP contribution in [0.15, 0.2) is 0 Å². The molecule has 0 aliphatic carbocycles. The second-order valence-electron chi connectivity index (χ2n) is 4.94. The van der Waals surface area contributed by atoms with Crippen molar-refractivity contribution < 1.29 is 9.59 Å². The van der Waals surface area contributed by atoms with Crippen LogP contribution >= 0.6 is 24.4 Å². The average Bonchev–Trinajstić information content (AvgIpc) is 2.92. The van der Waals surface area contributed by atoms with Crippen LogP contribution in [0.3, 0.4) is 0 Å². The number of thioether (sulfide) groups is 1. The van der Waals surface area contributed by atoms with Crippen LogP contribution in [-0.4, -0.2) is 47.3 Å². The Bertz CT molecular complexity index is 341. The third-order valence-electron chi connectivity index (χ3n) is 3.51. The molecule has 3 atom stereocenters. The van der Waals surface area contributed by atoms with Gasteiger partial charge in [0.1, 0.15) is 0 Å². The van der Waals surface area contributed by atoms with Crippen LogP contribution in [0.25, 0.3) is 0 Å². The van der Waals surface area contributed by atoms with E-state index in [9.17, 15) is 9.59 Å². The molecule has 2 rings (SSSR count). The van der Waals surface area contributed by atoms with E-state index in [0.29, 0.717) is 30.0 Å². The zero-order valence-electron chi connectivity index (χ0n) is 10.9. The number of rotatable bonds is 7. The summed E-state index contributed by atoms with van der Waals surface area (Å²) in [5.41, 5.74) is 0. The number of unbranched alkanes of at least 4 members (excludes halogenated alkanes) is 1. The molecule has 0 aromatic rings. The molecule has 2 saturated heterocycles. The smallest absolute Gasteiger partial charge is 0.315 e. The molecule has 0 aromatic heterocycles. The lowest BCUT2D eigenvalue weighted by molar-refractivity contribution is -0.121. The van der Waals surface area contributed by atoms with Gasteiger partial charge in [-0.2, -0.15) is 24.4 Å². The average molecular weight is 303 g/mol. The predicted octanol–water partition coefficient (Wildman–Crippen LogP) is 0.758. The van der Waals surface area contributed by atoms with E-state index in [4.69, 9.17) is 0 Å². The van der Waals surface area contributed by atoms with Crippen molar-refractivity contribution in [2.24, 2.45) is 0 Å². The Kier molecular flexibility index (Phi) is 5.69. The van der Waals surface area contributed by atoms with Crippen molar-refractivity contribution >= 4 is 36.3 Å². The molecule has 2 aliphatic heterocycles. The van der Waals surface area contributed by atoms with Gasteiger partial charge >= 0.3 is 6.03 Å². The second kappa shape index (κ2) is 7.28. The van der Waals surface area contributed by atoms with Crippen molar-refractivity contribution in [3.63, 3.8) is 0 Å². The summed E-state index contributed by atoms with van der Waals surface area (Å²) in [6.07, 6.45) is 3.59. The van der Waals surface area contributed by atoms with E-state index >= 15 is 0 Å². The van der Waals surface area contributed by atoms with Gasteiger partial charge in [0.15, 0.2) is 0 Å². The van der Waals surface area contributed by atoms with Crippen molar-refractivity contribution in [3.05, 3.63) is 0 Å². The zero-order valence-corrected chi connectivity index (χ0v) is 12.6. The molecular formula is C12H21N3O2S2. The molecule has 0 saturated carbocycles. The van der Waals surface area contributed by atoms with E-state index in [1.165, 1.54) is 0 Å². The maximum absolute atomic E-state index is 11.4. The highest BCUT2D eigenvalue weighted by molar-refractivity contribution is 8.00. The highest BCUT2D eigenvalue weighted by Crippen LogP contribution is 2.33. The molecule has 108 valence electrons. The summed E-state index contributed by atoms with van der Waals surface area (Å²) in [7, 11) is 0. The van der Waals surface area contributed by atoms with Gasteiger partial charge in [-0.05, 0) is 12.8 Å². The highest BCUT2D eigenvalue weighted by atomic mass is 32.2. The molecule has 2 fully saturated rings. The van der Waals surface area contributed by atoms with Gasteiger partial charge in [0.2, 0.25) is 5.91 Å². The molecule has 0 radical (unpaired) electrons. The van der Waals surface area contributed by atoms with Gasteiger partial charge in [0.05, 0.1) is 12.1 Å². The molecule has 3 N–H and O–H groups in total. The van der Waals surface area contributed by atoms with Gasteiger partial charge in [0, 0.05) is 29.7 Å². The summed E-state index contributed by atoms with van der Waals surface area (Å²) in [4.78, 5) is 22.6. The molecule has 2 aliphatic rings. The first kappa shape index (κ1) is 14.8. The fourth-order valence-electron chi connectivity index (χ4n) is 2.56. The highest BCUT2D eigenvalue weighted by Gasteiger charge is 2.42. The number of hydrogen-bond donors (Lipinski definition) is 4. The van der Waals surface area contributed by atoms with Gasteiger partial charge in [-0.1, -0.05) is 6.42 Å². The summed E-state index contributed by atoms with van der Waals surface area (Å²) >= 11 is 5.97. The summed E-state index contributed by atoms with van der Waals surface area (Å²) in [5.74, 6) is 1.79. The molecule has 0 aromatic carbocycles. The molecule has 5 nitrogen and oxygen atoms in total. The van der Waals surface area contributed by atoms with Crippen LogP contribution in [0.4, 0.5) is 4.79 Å². The van der Waals surface area contributed by atoms with Crippen LogP contribution in [0, 0.1) is 0 Å². The Hall–Kier alpha value is -0.560. The minimum absolute atomic E-state index is 0.0357. The fourth-order valence-corrected chi connectivity index (χ4v) is 4.21. The van der Waals surface area contributed by atoms with Crippen molar-refractivity contribution in [2.75, 3.05) is 18.1 Å². The van der Waals surface area contributed by atoms with Gasteiger partial charge in [-0.25, -0.2) is 4.79 Å². The molecular weight excluding hydrogens is 282 g/mol. The minimum Gasteiger partial charge on any atom is -0.355 e. The van der Waals surface area contributed by atoms with E-state index in [1.807, 2.05) is 11.8 Å². The van der Waals surface area contributed by atoms with Crippen molar-refractivity contribution in [1.29, 1.82) is 0 Å². The van der Waals surface area contributed by atoms with E-state index < -0.39 is 0 Å². The molecule has 7 heteroatoms. The second-order valence-corrected chi connectivity index (χ2v) is 6.66. The predicted molar refractivity (Wildman–Crippen MR) is 80.8 cm³/mol. The van der Waals surface area contributed by atoms with Crippen molar-refractivity contribution in [3.8, 4) is 0 Å². The van der Waals surface area contributed by atoms with Crippen LogP contribution in [0.1, 0.15) is 25.7 Å². The fraction of sp³-hybridized carbons (Fsp3) is 0.833. The first-order valence-corrected chi connectivity index (χ1v) is 8.45. The molecule has 19 heavy (non-hydrogen) atoms. The minimum atomic E-state index is -0.0357. The molecule has 0 bridgehead atoms. The van der Waals surface area contributed by atoms with Gasteiger partial charge < -0.3 is 16.0 Å². The van der Waals surface area contributed by atoms with Gasteiger partial charge in [-0.15, -0.1) is 0 Å². The lowest BCUT2D eigenvalue weighted by Crippen LogP contribution is -2.36. The van der Waals surface area contributed by atoms with Crippen molar-refractivity contribution in [2.45, 2.75) is 43.0 Å². The van der Waals surface area contributed by atoms with E-state index in [-0.39, 0.29) is 18.0 Å². The summed E-state index contributed by atoms with van der Waals surface area (Å²) in [5, 5.41) is 9.23. The molecule has 2 heterocycles. The van der Waals surface area contributed by atoms with E-state index in [2.05, 4.69) is 28.6 Å². The van der Waals surface area contributed by atoms with Crippen molar-refractivity contribution in [1.82, 2.24) is 16.0 Å². The lowest BCUT2D eigenvalue weighted by Gasteiger charge is -2.16. The number of hydrogen-bond acceptors (Lipinski definition) is 4. The van der Waals surface area contributed by atoms with Crippen LogP contribution in [-0.2, 0) is 4.79 Å². The largest absolute Gasteiger partial charge is 0.355 e. The number of fused-ring (bicyclic) bond motifs is 1. The van der Waals surface area contributed by atoms with Gasteiger partial charge in [0.25, 0.3) is 0 Å². The summed E-state index contributed by atoms with van der Waals surface area (Å²) < 4.78 is 0. The number of thiol groups is 1. The van der Waals surface area contributed by atoms with Gasteiger partial charge in [-0.3, -0.25) is 4.79 Å². The summed E-state index contributed by atoms with van der Waals surface area (Å²) in [6, 6.07) is 0.531. The Morgan fingerprint density at radius 1 is 1.42 bits per heavy atom. The maximum atomic E-state index is 11.4. The number of amides is 3. The van der Waals surface area contributed by atoms with Crippen LogP contribution < -0.4 is 16.0 Å². The standard InChI is InChI=1S/C12H21N3O2S2/c16-10(13-5-6-18)4-2-1-3-9-11-8(7-19-9)14-12(17)15-11/h8-9,11,18H,1-7H2,(H,13,16)(H2,14,15,17). The monoisotopic (exact) mass is 303 g/mol. The lowest BCUT2D eigenvalue weighted by atomic mass is 10.0. The quantitative estimate of drug-likeness (QED) is 0.319. The maximum Gasteiger partial charge on any atom is 0.315 e. The number of nitrogens with one attached hydrogen (secondary N) is 3. The molecule has 3 unspecified atom stereocenters. The number of carbonyl (C=O) groups excluding carboxylic acids is 2. The third kappa shape index (κ3) is 4.21. The Labute approximate surface area is 123 Å². The SMILES string of the molecule is O=C(CCCCC1SCC2NC(=O)NC21)NCCS. The Morgan fingerprint density at radius 2 is 2.26 bits per heavy atom. The number of carbonyl (C=O) groups is 2. The number of urea groups is 1.